The van der Waals surface area contributed by atoms with Gasteiger partial charge in [-0.3, -0.25) is 14.8 Å². The molecule has 1 amide bonds. The fraction of sp³-hybridized carbons (Fsp3) is 0.623. The van der Waals surface area contributed by atoms with E-state index in [1.165, 1.54) is 13.2 Å². The molecule has 14 heteroatoms. The van der Waals surface area contributed by atoms with E-state index >= 15 is 8.78 Å². The first-order valence-electron chi connectivity index (χ1n) is 24.7. The van der Waals surface area contributed by atoms with Gasteiger partial charge in [-0.2, -0.15) is 9.97 Å². The van der Waals surface area contributed by atoms with Gasteiger partial charge in [-0.25, -0.2) is 13.6 Å². The van der Waals surface area contributed by atoms with Gasteiger partial charge >= 0.3 is 12.1 Å². The summed E-state index contributed by atoms with van der Waals surface area (Å²) in [6, 6.07) is 6.69. The second-order valence-corrected chi connectivity index (χ2v) is 27.3. The third-order valence-corrected chi connectivity index (χ3v) is 21.8. The van der Waals surface area contributed by atoms with Crippen LogP contribution in [0.5, 0.6) is 11.8 Å². The Morgan fingerprint density at radius 1 is 0.896 bits per heavy atom. The van der Waals surface area contributed by atoms with Crippen LogP contribution in [0.15, 0.2) is 30.5 Å². The van der Waals surface area contributed by atoms with E-state index in [0.29, 0.717) is 75.9 Å². The van der Waals surface area contributed by atoms with Crippen molar-refractivity contribution in [2.45, 2.75) is 155 Å². The molecular weight excluding hydrogens is 867 g/mol. The van der Waals surface area contributed by atoms with Gasteiger partial charge in [0.25, 0.3) is 0 Å². The van der Waals surface area contributed by atoms with Crippen molar-refractivity contribution in [3.05, 3.63) is 47.7 Å². The Balaban J connectivity index is 1.29. The van der Waals surface area contributed by atoms with Gasteiger partial charge in [0.15, 0.2) is 24.2 Å². The molecule has 8 rings (SSSR count). The summed E-state index contributed by atoms with van der Waals surface area (Å²) in [5.41, 5.74) is 5.06. The Morgan fingerprint density at radius 3 is 2.12 bits per heavy atom. The average molecular weight is 939 g/mol. The molecule has 0 spiro atoms. The van der Waals surface area contributed by atoms with Crippen molar-refractivity contribution in [2.75, 3.05) is 51.6 Å². The number of methoxy groups -OCH3 is 1. The maximum absolute atomic E-state index is 18.1. The minimum atomic E-state index is -2.23. The molecule has 0 radical (unpaired) electrons. The highest BCUT2D eigenvalue weighted by atomic mass is 28.3. The van der Waals surface area contributed by atoms with Gasteiger partial charge in [0.1, 0.15) is 37.3 Å². The fourth-order valence-electron chi connectivity index (χ4n) is 12.3. The number of anilines is 1. The van der Waals surface area contributed by atoms with Crippen LogP contribution in [0.4, 0.5) is 19.4 Å². The second-order valence-electron chi connectivity index (χ2n) is 21.7. The summed E-state index contributed by atoms with van der Waals surface area (Å²) in [5.74, 6) is 3.82. The molecule has 4 atom stereocenters. The Kier molecular flexibility index (Phi) is 13.9. The van der Waals surface area contributed by atoms with E-state index in [4.69, 9.17) is 33.9 Å². The summed E-state index contributed by atoms with van der Waals surface area (Å²) in [5, 5.41) is 1.10. The van der Waals surface area contributed by atoms with E-state index < -0.39 is 25.3 Å². The lowest BCUT2D eigenvalue weighted by Crippen LogP contribution is -2.57. The number of ether oxygens (including phenoxy) is 4. The monoisotopic (exact) mass is 939 g/mol. The molecule has 0 N–H and O–H groups in total. The summed E-state index contributed by atoms with van der Waals surface area (Å²) in [6.07, 6.45) is 7.18. The highest BCUT2D eigenvalue weighted by molar-refractivity contribution is 6.90. The van der Waals surface area contributed by atoms with Gasteiger partial charge in [0.2, 0.25) is 0 Å². The Morgan fingerprint density at radius 2 is 1.54 bits per heavy atom. The zero-order chi connectivity index (χ0) is 48.2. The molecule has 4 aliphatic rings. The quantitative estimate of drug-likeness (QED) is 0.0731. The molecule has 6 heterocycles. The molecular formula is C53H72F2N6O5Si. The zero-order valence-electron chi connectivity index (χ0n) is 41.9. The molecule has 4 fully saturated rings. The zero-order valence-corrected chi connectivity index (χ0v) is 42.9. The third-order valence-electron chi connectivity index (χ3n) is 15.5. The number of nitrogens with zero attached hydrogens (tertiary/aromatic N) is 6. The minimum Gasteiger partial charge on any atom is -0.464 e. The highest BCUT2D eigenvalue weighted by Gasteiger charge is 2.52. The van der Waals surface area contributed by atoms with Crippen LogP contribution in [0, 0.1) is 34.9 Å². The number of aromatic nitrogens is 3. The van der Waals surface area contributed by atoms with Crippen LogP contribution in [-0.4, -0.2) is 109 Å². The van der Waals surface area contributed by atoms with Gasteiger partial charge in [-0.1, -0.05) is 86.3 Å². The smallest absolute Gasteiger partial charge is 0.410 e. The molecule has 2 bridgehead atoms. The number of fused-ring (bicyclic) bond motifs is 5. The van der Waals surface area contributed by atoms with E-state index in [0.717, 1.165) is 51.6 Å². The minimum absolute atomic E-state index is 0.0209. The Hall–Kier alpha value is -4.58. The van der Waals surface area contributed by atoms with Crippen molar-refractivity contribution in [1.82, 2.24) is 24.8 Å². The van der Waals surface area contributed by atoms with Crippen LogP contribution in [0.3, 0.4) is 0 Å². The van der Waals surface area contributed by atoms with Crippen LogP contribution in [0.1, 0.15) is 120 Å². The lowest BCUT2D eigenvalue weighted by Gasteiger charge is -2.42. The van der Waals surface area contributed by atoms with Crippen molar-refractivity contribution < 1.29 is 32.5 Å². The average Bonchev–Trinajstić information content (AvgIpc) is 3.90. The van der Waals surface area contributed by atoms with Crippen LogP contribution in [-0.2, 0) is 9.47 Å². The molecule has 362 valence electrons. The Labute approximate surface area is 397 Å². The number of amides is 1. The summed E-state index contributed by atoms with van der Waals surface area (Å²) in [7, 11) is -0.766. The van der Waals surface area contributed by atoms with Gasteiger partial charge in [0.05, 0.1) is 23.0 Å². The SMILES string of the molecule is CCC1CN2CC(CC)CC2(COc2nc(N3CC4CCC(C3)N4C(=O)OC(C)(C)C)c3cnc(-c4cc(OCOC)c(F)c5cccc(C#C[Si](C(C)C)(C(C)C)C(C)C)c45)c(F)c3n2)C1. The summed E-state index contributed by atoms with van der Waals surface area (Å²) < 4.78 is 58.3. The predicted molar refractivity (Wildman–Crippen MR) is 264 cm³/mol. The normalized spacial score (nSPS) is 23.2. The number of halogens is 2. The van der Waals surface area contributed by atoms with Crippen molar-refractivity contribution >= 4 is 41.7 Å². The van der Waals surface area contributed by atoms with E-state index in [1.54, 1.807) is 18.3 Å². The molecule has 11 nitrogen and oxygen atoms in total. The Bertz CT molecular complexity index is 2500. The van der Waals surface area contributed by atoms with E-state index in [-0.39, 0.29) is 58.9 Å². The number of hydrogen-bond acceptors (Lipinski definition) is 10. The van der Waals surface area contributed by atoms with Gasteiger partial charge in [-0.05, 0) is 87.0 Å². The highest BCUT2D eigenvalue weighted by Crippen LogP contribution is 2.47. The molecule has 4 aliphatic heterocycles. The number of carbonyl (C=O) groups is 1. The maximum atomic E-state index is 18.1. The van der Waals surface area contributed by atoms with E-state index in [1.807, 2.05) is 31.7 Å². The molecule has 67 heavy (non-hydrogen) atoms. The van der Waals surface area contributed by atoms with E-state index in [9.17, 15) is 4.79 Å². The lowest BCUT2D eigenvalue weighted by molar-refractivity contribution is 0.0122. The number of hydrogen-bond donors (Lipinski definition) is 0. The topological polar surface area (TPSA) is 102 Å². The molecule has 0 aliphatic carbocycles. The maximum Gasteiger partial charge on any atom is 0.410 e. The number of rotatable bonds is 13. The van der Waals surface area contributed by atoms with Gasteiger partial charge in [-0.15, -0.1) is 5.54 Å². The summed E-state index contributed by atoms with van der Waals surface area (Å²) in [6.45, 7) is 26.9. The predicted octanol–water partition coefficient (Wildman–Crippen LogP) is 11.5. The summed E-state index contributed by atoms with van der Waals surface area (Å²) in [4.78, 5) is 35.0. The second kappa shape index (κ2) is 19.1. The molecule has 2 aromatic heterocycles. The van der Waals surface area contributed by atoms with Crippen LogP contribution in [0.2, 0.25) is 16.6 Å². The van der Waals surface area contributed by atoms with Crippen molar-refractivity contribution in [3.63, 3.8) is 0 Å². The van der Waals surface area contributed by atoms with Crippen molar-refractivity contribution in [3.8, 4) is 34.5 Å². The first-order chi connectivity index (χ1) is 31.8. The standard InChI is InChI=1S/C53H72F2N6O5Si/c1-13-35-23-53(24-36(14-2)27-60(53)26-35)30-64-50-57-48-42(49(58-50)59-28-38-18-19-39(29-59)61(38)51(62)66-52(9,10)11)25-56-47(46(48)55)41-22-43(65-31-63-12)45(54)40-17-15-16-37(44(40)41)20-21-67(32(3)4,33(5)6)34(7)8/h15-17,22,25,32-36,38-39H,13-14,18-19,23-24,26-31H2,1-12H3. The third kappa shape index (κ3) is 9.09. The molecule has 0 saturated carbocycles. The van der Waals surface area contributed by atoms with Crippen molar-refractivity contribution in [1.29, 1.82) is 0 Å². The van der Waals surface area contributed by atoms with Crippen LogP contribution < -0.4 is 14.4 Å². The lowest BCUT2D eigenvalue weighted by atomic mass is 9.86. The number of carbonyl (C=O) groups excluding carboxylic acids is 1. The van der Waals surface area contributed by atoms with Crippen LogP contribution in [0.25, 0.3) is 32.9 Å². The fourth-order valence-corrected chi connectivity index (χ4v) is 17.6. The van der Waals surface area contributed by atoms with Crippen molar-refractivity contribution in [2.24, 2.45) is 11.8 Å². The molecule has 4 saturated heterocycles. The molecule has 4 aromatic rings. The van der Waals surface area contributed by atoms with Crippen LogP contribution >= 0.6 is 0 Å². The largest absolute Gasteiger partial charge is 0.464 e. The summed E-state index contributed by atoms with van der Waals surface area (Å²) >= 11 is 0. The molecule has 4 unspecified atom stereocenters. The van der Waals surface area contributed by atoms with Gasteiger partial charge in [0, 0.05) is 61.4 Å². The number of pyridine rings is 1. The first kappa shape index (κ1) is 48.9. The number of benzene rings is 2. The molecule has 2 aromatic carbocycles. The van der Waals surface area contributed by atoms with E-state index in [2.05, 4.69) is 76.7 Å². The van der Waals surface area contributed by atoms with Gasteiger partial charge < -0.3 is 23.8 Å². The number of piperazine rings is 1. The first-order valence-corrected chi connectivity index (χ1v) is 27.0.